The van der Waals surface area contributed by atoms with E-state index in [1.807, 2.05) is 0 Å². The second-order valence-corrected chi connectivity index (χ2v) is 6.78. The number of nitrogen functional groups attached to an aromatic ring is 1. The highest BCUT2D eigenvalue weighted by Crippen LogP contribution is 2.23. The Kier molecular flexibility index (Phi) is 4.91. The summed E-state index contributed by atoms with van der Waals surface area (Å²) in [5.41, 5.74) is 10.2. The highest BCUT2D eigenvalue weighted by atomic mass is 32.2. The Morgan fingerprint density at radius 3 is 2.60 bits per heavy atom. The molecule has 1 aliphatic rings. The predicted octanol–water partition coefficient (Wildman–Crippen LogP) is -2.94. The molecule has 0 saturated carbocycles. The molecule has 0 aliphatic carbocycles. The smallest absolute Gasteiger partial charge is 0.363 e. The van der Waals surface area contributed by atoms with Crippen LogP contribution in [-0.4, -0.2) is 64.9 Å². The number of aromatic nitrogens is 1. The van der Waals surface area contributed by atoms with Gasteiger partial charge in [-0.3, -0.25) is 18.9 Å². The van der Waals surface area contributed by atoms with Gasteiger partial charge in [0.15, 0.2) is 16.9 Å². The van der Waals surface area contributed by atoms with Gasteiger partial charge in [-0.1, -0.05) is 5.16 Å². The molecule has 136 valence electrons. The number of oxime groups is 1. The van der Waals surface area contributed by atoms with Crippen molar-refractivity contribution in [1.82, 2.24) is 14.6 Å². The zero-order valence-corrected chi connectivity index (χ0v) is 14.1. The molecular weight excluding hydrogens is 380 g/mol. The van der Waals surface area contributed by atoms with Crippen molar-refractivity contribution in [1.29, 1.82) is 0 Å². The summed E-state index contributed by atoms with van der Waals surface area (Å²) in [6, 6.07) is -3.39. The molecule has 0 bridgehead atoms. The van der Waals surface area contributed by atoms with Gasteiger partial charge in [0.05, 0.1) is 0 Å². The maximum absolute atomic E-state index is 12.3. The van der Waals surface area contributed by atoms with Gasteiger partial charge in [-0.2, -0.15) is 12.7 Å². The van der Waals surface area contributed by atoms with E-state index in [0.717, 1.165) is 18.4 Å². The number of amides is 3. The maximum Gasteiger partial charge on any atom is 0.363 e. The molecule has 0 aromatic carbocycles. The van der Waals surface area contributed by atoms with Gasteiger partial charge in [0.25, 0.3) is 11.8 Å². The Labute approximate surface area is 144 Å². The fourth-order valence-corrected chi connectivity index (χ4v) is 3.44. The quantitative estimate of drug-likeness (QED) is 0.169. The lowest BCUT2D eigenvalue weighted by Crippen LogP contribution is -2.75. The fourth-order valence-electron chi connectivity index (χ4n) is 2.04. The lowest BCUT2D eigenvalue weighted by atomic mass is 9.98. The highest BCUT2D eigenvalue weighted by molar-refractivity contribution is 7.84. The number of β-lactam (4-membered cyclic amide) rings is 1. The first-order valence-corrected chi connectivity index (χ1v) is 8.59. The Hall–Kier alpha value is -2.78. The summed E-state index contributed by atoms with van der Waals surface area (Å²) >= 11 is 1.01. The van der Waals surface area contributed by atoms with Crippen LogP contribution < -0.4 is 16.8 Å². The van der Waals surface area contributed by atoms with Crippen molar-refractivity contribution in [3.63, 3.8) is 0 Å². The normalized spacial score (nSPS) is 20.8. The van der Waals surface area contributed by atoms with Crippen molar-refractivity contribution in [2.75, 3.05) is 12.8 Å². The third-order valence-corrected chi connectivity index (χ3v) is 4.62. The van der Waals surface area contributed by atoms with E-state index >= 15 is 0 Å². The van der Waals surface area contributed by atoms with Crippen LogP contribution in [0.1, 0.15) is 5.69 Å². The molecule has 6 N–H and O–H groups in total. The number of nitrogens with two attached hydrogens (primary N) is 2. The van der Waals surface area contributed by atoms with Crippen molar-refractivity contribution in [2.24, 2.45) is 10.9 Å². The van der Waals surface area contributed by atoms with E-state index in [9.17, 15) is 22.8 Å². The van der Waals surface area contributed by atoms with Crippen LogP contribution in [0.3, 0.4) is 0 Å². The summed E-state index contributed by atoms with van der Waals surface area (Å²) < 4.78 is 31.0. The van der Waals surface area contributed by atoms with E-state index in [1.165, 1.54) is 5.38 Å². The number of rotatable bonds is 6. The molecule has 13 nitrogen and oxygen atoms in total. The van der Waals surface area contributed by atoms with Gasteiger partial charge in [0.1, 0.15) is 18.8 Å². The van der Waals surface area contributed by atoms with Crippen molar-refractivity contribution >= 4 is 50.2 Å². The summed E-state index contributed by atoms with van der Waals surface area (Å²) in [6.45, 7) is 0. The van der Waals surface area contributed by atoms with Gasteiger partial charge >= 0.3 is 10.3 Å². The average molecular weight is 392 g/mol. The molecule has 2 heterocycles. The molecule has 1 aliphatic heterocycles. The van der Waals surface area contributed by atoms with Gasteiger partial charge in [-0.25, -0.2) is 4.98 Å². The molecule has 15 heteroatoms. The third kappa shape index (κ3) is 3.52. The third-order valence-electron chi connectivity index (χ3n) is 3.04. The number of anilines is 1. The molecule has 0 radical (unpaired) electrons. The summed E-state index contributed by atoms with van der Waals surface area (Å²) in [7, 11) is -3.85. The number of nitrogens with zero attached hydrogens (tertiary/aromatic N) is 3. The predicted molar refractivity (Wildman–Crippen MR) is 83.4 cm³/mol. The van der Waals surface area contributed by atoms with Crippen LogP contribution in [0.2, 0.25) is 0 Å². The van der Waals surface area contributed by atoms with Gasteiger partial charge in [-0.05, 0) is 0 Å². The Balaban J connectivity index is 2.25. The molecule has 1 aromatic rings. The van der Waals surface area contributed by atoms with E-state index in [4.69, 9.17) is 16.0 Å². The number of carbonyl (C=O) groups excluding carboxylic acids is 3. The van der Waals surface area contributed by atoms with E-state index in [0.29, 0.717) is 0 Å². The molecule has 2 rings (SSSR count). The Morgan fingerprint density at radius 2 is 2.16 bits per heavy atom. The van der Waals surface area contributed by atoms with Crippen LogP contribution in [-0.2, 0) is 29.5 Å². The molecule has 0 spiro atoms. The van der Waals surface area contributed by atoms with Gasteiger partial charge in [-0.15, -0.1) is 11.3 Å². The molecule has 25 heavy (non-hydrogen) atoms. The highest BCUT2D eigenvalue weighted by Gasteiger charge is 2.57. The van der Waals surface area contributed by atoms with Crippen molar-refractivity contribution < 1.29 is 32.2 Å². The molecule has 1 aromatic heterocycles. The summed E-state index contributed by atoms with van der Waals surface area (Å²) in [6.07, 6.45) is 0. The number of thiazole rings is 1. The van der Waals surface area contributed by atoms with Crippen LogP contribution in [0.25, 0.3) is 0 Å². The first kappa shape index (κ1) is 18.6. The minimum absolute atomic E-state index is 0.0379. The molecule has 1 fully saturated rings. The molecular formula is C10H12N6O7S2. The first-order chi connectivity index (χ1) is 11.6. The average Bonchev–Trinajstić information content (AvgIpc) is 2.91. The van der Waals surface area contributed by atoms with E-state index in [1.54, 1.807) is 0 Å². The monoisotopic (exact) mass is 392 g/mol. The molecule has 2 atom stereocenters. The van der Waals surface area contributed by atoms with E-state index in [-0.39, 0.29) is 20.8 Å². The number of hydrogen-bond acceptors (Lipinski definition) is 10. The van der Waals surface area contributed by atoms with Gasteiger partial charge in [0, 0.05) is 5.38 Å². The van der Waals surface area contributed by atoms with Crippen molar-refractivity contribution in [2.45, 2.75) is 12.1 Å². The largest absolute Gasteiger partial charge is 0.398 e. The SMILES string of the molecule is CON=C(C(=O)N[C@@H]1C(=O)N(S(=O)(=O)O)[C@@H]1C(N)=O)c1csc(N)n1. The number of primary amides is 1. The minimum Gasteiger partial charge on any atom is -0.398 e. The van der Waals surface area contributed by atoms with Gasteiger partial charge < -0.3 is 21.6 Å². The summed E-state index contributed by atoms with van der Waals surface area (Å²) in [4.78, 5) is 43.8. The van der Waals surface area contributed by atoms with E-state index in [2.05, 4.69) is 20.3 Å². The second kappa shape index (κ2) is 6.61. The zero-order valence-electron chi connectivity index (χ0n) is 12.4. The lowest BCUT2D eigenvalue weighted by Gasteiger charge is -2.41. The molecule has 0 unspecified atom stereocenters. The Morgan fingerprint density at radius 1 is 1.52 bits per heavy atom. The Bertz CT molecular complexity index is 863. The maximum atomic E-state index is 12.3. The van der Waals surface area contributed by atoms with Crippen molar-refractivity contribution in [3.8, 4) is 0 Å². The van der Waals surface area contributed by atoms with Gasteiger partial charge in [0.2, 0.25) is 5.91 Å². The first-order valence-electron chi connectivity index (χ1n) is 6.31. The summed E-state index contributed by atoms with van der Waals surface area (Å²) in [5, 5.41) is 7.10. The van der Waals surface area contributed by atoms with Crippen LogP contribution >= 0.6 is 11.3 Å². The number of nitrogens with one attached hydrogen (secondary N) is 1. The van der Waals surface area contributed by atoms with Crippen LogP contribution in [0, 0.1) is 0 Å². The molecule has 3 amide bonds. The van der Waals surface area contributed by atoms with Crippen LogP contribution in [0.5, 0.6) is 0 Å². The lowest BCUT2D eigenvalue weighted by molar-refractivity contribution is -0.150. The standard InChI is InChI=1S/C10H12N6O7S2/c1-23-15-4(3-2-24-10(12)13-3)8(18)14-5-6(7(11)17)16(9(5)19)25(20,21)22/h2,5-6H,1H3,(H2,11,17)(H2,12,13)(H,14,18)(H,20,21,22)/t5-,6-/m0/s1. The summed E-state index contributed by atoms with van der Waals surface area (Å²) in [5.74, 6) is -3.48. The van der Waals surface area contributed by atoms with Crippen LogP contribution in [0.4, 0.5) is 5.13 Å². The molecule has 1 saturated heterocycles. The number of hydrogen-bond donors (Lipinski definition) is 4. The minimum atomic E-state index is -5.01. The number of carbonyl (C=O) groups is 3. The topological polar surface area (TPSA) is 207 Å². The van der Waals surface area contributed by atoms with Crippen molar-refractivity contribution in [3.05, 3.63) is 11.1 Å². The van der Waals surface area contributed by atoms with Crippen LogP contribution in [0.15, 0.2) is 10.5 Å². The fraction of sp³-hybridized carbons (Fsp3) is 0.300. The zero-order chi connectivity index (χ0) is 18.9. The van der Waals surface area contributed by atoms with E-state index < -0.39 is 40.1 Å². The second-order valence-electron chi connectivity index (χ2n) is 4.60.